The predicted molar refractivity (Wildman–Crippen MR) is 82.6 cm³/mol. The number of ether oxygens (including phenoxy) is 1. The van der Waals surface area contributed by atoms with Crippen molar-refractivity contribution in [2.75, 3.05) is 26.3 Å². The number of carbonyl (C=O) groups is 2. The number of rotatable bonds is 11. The molecule has 5 nitrogen and oxygen atoms in total. The highest BCUT2D eigenvalue weighted by Crippen LogP contribution is 2.17. The Labute approximate surface area is 128 Å². The Morgan fingerprint density at radius 3 is 2.76 bits per heavy atom. The van der Waals surface area contributed by atoms with Crippen molar-refractivity contribution in [3.63, 3.8) is 0 Å². The number of likely N-dealkylation sites (tertiary alicyclic amines) is 1. The monoisotopic (exact) mass is 298 g/mol. The molecule has 2 N–H and O–H groups in total. The Morgan fingerprint density at radius 2 is 2.19 bits per heavy atom. The maximum absolute atomic E-state index is 11.7. The highest BCUT2D eigenvalue weighted by atomic mass is 16.5. The van der Waals surface area contributed by atoms with E-state index in [1.807, 2.05) is 0 Å². The van der Waals surface area contributed by atoms with Gasteiger partial charge in [0.25, 0.3) is 0 Å². The molecule has 1 fully saturated rings. The van der Waals surface area contributed by atoms with Crippen molar-refractivity contribution in [1.82, 2.24) is 4.90 Å². The van der Waals surface area contributed by atoms with Crippen LogP contribution in [-0.2, 0) is 14.3 Å². The Balaban J connectivity index is 2.11. The quantitative estimate of drug-likeness (QED) is 0.592. The summed E-state index contributed by atoms with van der Waals surface area (Å²) in [4.78, 5) is 24.5. The van der Waals surface area contributed by atoms with Gasteiger partial charge in [0.2, 0.25) is 11.8 Å². The van der Waals surface area contributed by atoms with Crippen LogP contribution in [0.2, 0.25) is 0 Å². The summed E-state index contributed by atoms with van der Waals surface area (Å²) in [5, 5.41) is 0. The van der Waals surface area contributed by atoms with E-state index < -0.39 is 0 Å². The van der Waals surface area contributed by atoms with Gasteiger partial charge < -0.3 is 15.4 Å². The fourth-order valence-corrected chi connectivity index (χ4v) is 2.68. The first-order valence-electron chi connectivity index (χ1n) is 8.23. The molecule has 0 bridgehead atoms. The van der Waals surface area contributed by atoms with E-state index in [0.717, 1.165) is 19.4 Å². The van der Waals surface area contributed by atoms with Gasteiger partial charge in [-0.3, -0.25) is 9.59 Å². The van der Waals surface area contributed by atoms with Crippen molar-refractivity contribution < 1.29 is 14.3 Å². The lowest BCUT2D eigenvalue weighted by Gasteiger charge is -2.17. The summed E-state index contributed by atoms with van der Waals surface area (Å²) >= 11 is 0. The molecule has 1 aliphatic heterocycles. The van der Waals surface area contributed by atoms with Crippen LogP contribution in [0, 0.1) is 11.8 Å². The van der Waals surface area contributed by atoms with Gasteiger partial charge in [-0.2, -0.15) is 0 Å². The maximum atomic E-state index is 11.7. The van der Waals surface area contributed by atoms with Crippen molar-refractivity contribution in [2.45, 2.75) is 52.4 Å². The molecule has 1 saturated heterocycles. The van der Waals surface area contributed by atoms with Gasteiger partial charge in [-0.15, -0.1) is 0 Å². The van der Waals surface area contributed by atoms with Gasteiger partial charge in [-0.1, -0.05) is 33.1 Å². The van der Waals surface area contributed by atoms with Crippen LogP contribution in [0.1, 0.15) is 52.4 Å². The topological polar surface area (TPSA) is 72.6 Å². The molecular weight excluding hydrogens is 268 g/mol. The van der Waals surface area contributed by atoms with E-state index in [1.54, 1.807) is 4.90 Å². The van der Waals surface area contributed by atoms with Crippen molar-refractivity contribution in [3.05, 3.63) is 0 Å². The van der Waals surface area contributed by atoms with E-state index in [-0.39, 0.29) is 24.2 Å². The van der Waals surface area contributed by atoms with Crippen molar-refractivity contribution in [2.24, 2.45) is 17.6 Å². The van der Waals surface area contributed by atoms with Crippen molar-refractivity contribution in [3.8, 4) is 0 Å². The van der Waals surface area contributed by atoms with E-state index >= 15 is 0 Å². The largest absolute Gasteiger partial charge is 0.381 e. The summed E-state index contributed by atoms with van der Waals surface area (Å²) < 4.78 is 5.72. The fraction of sp³-hybridized carbons (Fsp3) is 0.875. The third-order valence-corrected chi connectivity index (χ3v) is 4.23. The Hall–Kier alpha value is -1.10. The van der Waals surface area contributed by atoms with E-state index in [4.69, 9.17) is 10.5 Å². The summed E-state index contributed by atoms with van der Waals surface area (Å²) in [5.41, 5.74) is 5.24. The van der Waals surface area contributed by atoms with E-state index in [1.165, 1.54) is 19.3 Å². The van der Waals surface area contributed by atoms with Gasteiger partial charge in [0.05, 0.1) is 5.92 Å². The highest BCUT2D eigenvalue weighted by molar-refractivity contribution is 5.88. The molecule has 5 heteroatoms. The van der Waals surface area contributed by atoms with Crippen LogP contribution in [0.15, 0.2) is 0 Å². The Bertz CT molecular complexity index is 333. The first-order chi connectivity index (χ1) is 10.1. The average Bonchev–Trinajstić information content (AvgIpc) is 2.83. The number of unbranched alkanes of at least 4 members (excludes halogenated alkanes) is 1. The van der Waals surface area contributed by atoms with Crippen LogP contribution in [0.5, 0.6) is 0 Å². The minimum Gasteiger partial charge on any atom is -0.381 e. The van der Waals surface area contributed by atoms with Gasteiger partial charge >= 0.3 is 0 Å². The molecule has 0 aromatic rings. The molecule has 1 heterocycles. The van der Waals surface area contributed by atoms with Crippen LogP contribution >= 0.6 is 0 Å². The van der Waals surface area contributed by atoms with Crippen LogP contribution in [-0.4, -0.2) is 43.0 Å². The molecule has 1 aliphatic rings. The SMILES string of the molecule is CCCCC(CC)COCCCN1CC(C(N)=O)CC1=O. The molecule has 0 aliphatic carbocycles. The second kappa shape index (κ2) is 9.77. The van der Waals surface area contributed by atoms with Gasteiger partial charge in [0.15, 0.2) is 0 Å². The van der Waals surface area contributed by atoms with Crippen molar-refractivity contribution >= 4 is 11.8 Å². The molecular formula is C16H30N2O3. The third-order valence-electron chi connectivity index (χ3n) is 4.23. The summed E-state index contributed by atoms with van der Waals surface area (Å²) in [6.45, 7) is 7.04. The van der Waals surface area contributed by atoms with E-state index in [0.29, 0.717) is 25.6 Å². The highest BCUT2D eigenvalue weighted by Gasteiger charge is 2.32. The summed E-state index contributed by atoms with van der Waals surface area (Å²) in [7, 11) is 0. The molecule has 1 rings (SSSR count). The zero-order valence-electron chi connectivity index (χ0n) is 13.5. The number of hydrogen-bond donors (Lipinski definition) is 1. The van der Waals surface area contributed by atoms with Gasteiger partial charge in [0.1, 0.15) is 0 Å². The standard InChI is InChI=1S/C16H30N2O3/c1-3-5-7-13(4-2)12-21-9-6-8-18-11-14(16(17)20)10-15(18)19/h13-14H,3-12H2,1-2H3,(H2,17,20). The summed E-state index contributed by atoms with van der Waals surface area (Å²) in [5.74, 6) is 0.00605. The number of nitrogens with zero attached hydrogens (tertiary/aromatic N) is 1. The predicted octanol–water partition coefficient (Wildman–Crippen LogP) is 1.94. The molecule has 2 amide bonds. The second-order valence-electron chi connectivity index (χ2n) is 5.99. The fourth-order valence-electron chi connectivity index (χ4n) is 2.68. The first-order valence-corrected chi connectivity index (χ1v) is 8.23. The lowest BCUT2D eigenvalue weighted by molar-refractivity contribution is -0.128. The third kappa shape index (κ3) is 6.46. The smallest absolute Gasteiger partial charge is 0.223 e. The molecule has 0 aromatic heterocycles. The Morgan fingerprint density at radius 1 is 1.43 bits per heavy atom. The molecule has 2 atom stereocenters. The Kier molecular flexibility index (Phi) is 8.35. The summed E-state index contributed by atoms with van der Waals surface area (Å²) in [6, 6.07) is 0. The lowest BCUT2D eigenvalue weighted by Crippen LogP contribution is -2.30. The molecule has 21 heavy (non-hydrogen) atoms. The molecule has 0 saturated carbocycles. The van der Waals surface area contributed by atoms with Crippen LogP contribution in [0.3, 0.4) is 0 Å². The number of carbonyl (C=O) groups excluding carboxylic acids is 2. The minimum atomic E-state index is -0.371. The number of primary amides is 1. The first kappa shape index (κ1) is 18.0. The minimum absolute atomic E-state index is 0.0354. The van der Waals surface area contributed by atoms with Gasteiger partial charge in [-0.25, -0.2) is 0 Å². The molecule has 122 valence electrons. The number of hydrogen-bond acceptors (Lipinski definition) is 3. The number of amides is 2. The molecule has 0 spiro atoms. The van der Waals surface area contributed by atoms with E-state index in [2.05, 4.69) is 13.8 Å². The summed E-state index contributed by atoms with van der Waals surface area (Å²) in [6.07, 6.45) is 5.97. The van der Waals surface area contributed by atoms with Crippen LogP contribution in [0.25, 0.3) is 0 Å². The lowest BCUT2D eigenvalue weighted by atomic mass is 10.0. The second-order valence-corrected chi connectivity index (χ2v) is 5.99. The normalized spacial score (nSPS) is 20.0. The number of nitrogens with two attached hydrogens (primary N) is 1. The van der Waals surface area contributed by atoms with Crippen LogP contribution in [0.4, 0.5) is 0 Å². The molecule has 0 aromatic carbocycles. The van der Waals surface area contributed by atoms with Gasteiger partial charge in [0, 0.05) is 32.7 Å². The van der Waals surface area contributed by atoms with E-state index in [9.17, 15) is 9.59 Å². The average molecular weight is 298 g/mol. The molecule has 0 radical (unpaired) electrons. The zero-order valence-corrected chi connectivity index (χ0v) is 13.5. The molecule has 2 unspecified atom stereocenters. The zero-order chi connectivity index (χ0) is 15.7. The van der Waals surface area contributed by atoms with Crippen LogP contribution < -0.4 is 5.73 Å². The maximum Gasteiger partial charge on any atom is 0.223 e. The van der Waals surface area contributed by atoms with Crippen molar-refractivity contribution in [1.29, 1.82) is 0 Å². The van der Waals surface area contributed by atoms with Gasteiger partial charge in [-0.05, 0) is 18.8 Å².